The Labute approximate surface area is 225 Å². The van der Waals surface area contributed by atoms with E-state index in [9.17, 15) is 18.8 Å². The minimum atomic E-state index is -0.596. The molecule has 3 amide bonds. The van der Waals surface area contributed by atoms with E-state index in [2.05, 4.69) is 10.3 Å². The van der Waals surface area contributed by atoms with Gasteiger partial charge in [0.15, 0.2) is 0 Å². The molecule has 0 saturated heterocycles. The Hall–Kier alpha value is -4.86. The number of aromatic amines is 1. The third-order valence-corrected chi connectivity index (χ3v) is 6.12. The molecular formula is C29H29FN4O5. The fourth-order valence-corrected chi connectivity index (χ4v) is 3.82. The first-order valence-corrected chi connectivity index (χ1v) is 12.3. The van der Waals surface area contributed by atoms with Crippen molar-refractivity contribution in [3.63, 3.8) is 0 Å². The second kappa shape index (κ2) is 12.1. The number of carbonyl (C=O) groups is 3. The number of aromatic nitrogens is 1. The summed E-state index contributed by atoms with van der Waals surface area (Å²) in [5.41, 5.74) is 0.744. The van der Waals surface area contributed by atoms with Crippen LogP contribution in [0.5, 0.6) is 17.2 Å². The summed E-state index contributed by atoms with van der Waals surface area (Å²) in [7, 11) is 3.20. The predicted octanol–water partition coefficient (Wildman–Crippen LogP) is 4.67. The number of hydrogen-bond donors (Lipinski definition) is 2. The Morgan fingerprint density at radius 3 is 2.18 bits per heavy atom. The zero-order valence-electron chi connectivity index (χ0n) is 21.9. The van der Waals surface area contributed by atoms with Gasteiger partial charge in [0.05, 0.1) is 12.6 Å². The van der Waals surface area contributed by atoms with Crippen molar-refractivity contribution in [2.45, 2.75) is 6.92 Å². The average molecular weight is 533 g/mol. The number of amides is 3. The van der Waals surface area contributed by atoms with Crippen LogP contribution in [0.1, 0.15) is 17.4 Å². The van der Waals surface area contributed by atoms with Gasteiger partial charge in [-0.25, -0.2) is 4.39 Å². The summed E-state index contributed by atoms with van der Waals surface area (Å²) in [5, 5.41) is 3.25. The highest BCUT2D eigenvalue weighted by Gasteiger charge is 2.24. The van der Waals surface area contributed by atoms with Crippen LogP contribution < -0.4 is 14.8 Å². The number of anilines is 1. The fraction of sp³-hybridized carbons (Fsp3) is 0.207. The standard InChI is InChI=1S/C29H29FN4O5/c1-4-33(2)27(36)18-34(29(37)25-16-19-6-5-7-24(30)28(19)32-25)17-26(35)31-20-8-10-22(11-9-20)39-23-14-12-21(38-3)13-15-23/h5-16,32H,4,17-18H2,1-3H3,(H,31,35). The number of halogens is 1. The van der Waals surface area contributed by atoms with Crippen molar-refractivity contribution in [1.29, 1.82) is 0 Å². The smallest absolute Gasteiger partial charge is 0.271 e. The minimum absolute atomic E-state index is 0.0786. The molecule has 1 heterocycles. The highest BCUT2D eigenvalue weighted by molar-refractivity contribution is 6.02. The van der Waals surface area contributed by atoms with Gasteiger partial charge in [0.25, 0.3) is 5.91 Å². The van der Waals surface area contributed by atoms with Crippen LogP contribution in [0.25, 0.3) is 10.9 Å². The third kappa shape index (κ3) is 6.72. The zero-order valence-corrected chi connectivity index (χ0v) is 21.9. The number of carbonyl (C=O) groups excluding carboxylic acids is 3. The largest absolute Gasteiger partial charge is 0.497 e. The van der Waals surface area contributed by atoms with Gasteiger partial charge >= 0.3 is 0 Å². The topological polar surface area (TPSA) is 104 Å². The lowest BCUT2D eigenvalue weighted by Crippen LogP contribution is -2.45. The number of nitrogens with one attached hydrogen (secondary N) is 2. The van der Waals surface area contributed by atoms with Gasteiger partial charge in [0.1, 0.15) is 41.8 Å². The molecule has 1 aromatic heterocycles. The third-order valence-electron chi connectivity index (χ3n) is 6.12. The van der Waals surface area contributed by atoms with E-state index in [-0.39, 0.29) is 30.2 Å². The fourth-order valence-electron chi connectivity index (χ4n) is 3.82. The molecular weight excluding hydrogens is 503 g/mol. The summed E-state index contributed by atoms with van der Waals surface area (Å²) in [5.74, 6) is -0.0245. The monoisotopic (exact) mass is 532 g/mol. The normalized spacial score (nSPS) is 10.7. The molecule has 0 saturated carbocycles. The van der Waals surface area contributed by atoms with E-state index in [1.165, 1.54) is 23.1 Å². The van der Waals surface area contributed by atoms with Crippen LogP contribution in [0.4, 0.5) is 10.1 Å². The summed E-state index contributed by atoms with van der Waals surface area (Å²) in [6, 6.07) is 19.8. The number of hydrogen-bond acceptors (Lipinski definition) is 5. The van der Waals surface area contributed by atoms with Crippen LogP contribution in [-0.2, 0) is 9.59 Å². The molecule has 0 bridgehead atoms. The van der Waals surface area contributed by atoms with Crippen molar-refractivity contribution < 1.29 is 28.2 Å². The Morgan fingerprint density at radius 1 is 0.923 bits per heavy atom. The molecule has 0 radical (unpaired) electrons. The van der Waals surface area contributed by atoms with Crippen LogP contribution in [-0.4, -0.2) is 66.3 Å². The Bertz CT molecular complexity index is 1470. The van der Waals surface area contributed by atoms with E-state index >= 15 is 0 Å². The van der Waals surface area contributed by atoms with Gasteiger partial charge in [0, 0.05) is 24.7 Å². The molecule has 4 aromatic rings. The SMILES string of the molecule is CCN(C)C(=O)CN(CC(=O)Nc1ccc(Oc2ccc(OC)cc2)cc1)C(=O)c1cc2cccc(F)c2[nH]1. The molecule has 0 spiro atoms. The van der Waals surface area contributed by atoms with Gasteiger partial charge < -0.3 is 29.6 Å². The molecule has 202 valence electrons. The molecule has 39 heavy (non-hydrogen) atoms. The van der Waals surface area contributed by atoms with E-state index < -0.39 is 17.6 Å². The number of nitrogens with zero attached hydrogens (tertiary/aromatic N) is 2. The van der Waals surface area contributed by atoms with E-state index in [4.69, 9.17) is 9.47 Å². The molecule has 0 aliphatic carbocycles. The first-order valence-electron chi connectivity index (χ1n) is 12.3. The van der Waals surface area contributed by atoms with Crippen LogP contribution in [0.2, 0.25) is 0 Å². The number of rotatable bonds is 10. The Kier molecular flexibility index (Phi) is 8.45. The number of ether oxygens (including phenoxy) is 2. The summed E-state index contributed by atoms with van der Waals surface area (Å²) in [6.45, 7) is 1.54. The molecule has 0 unspecified atom stereocenters. The Balaban J connectivity index is 1.45. The number of H-pyrrole nitrogens is 1. The highest BCUT2D eigenvalue weighted by Crippen LogP contribution is 2.25. The summed E-state index contributed by atoms with van der Waals surface area (Å²) >= 11 is 0. The maximum absolute atomic E-state index is 14.2. The van der Waals surface area contributed by atoms with E-state index in [0.29, 0.717) is 34.9 Å². The first-order chi connectivity index (χ1) is 18.8. The van der Waals surface area contributed by atoms with E-state index in [0.717, 1.165) is 4.90 Å². The van der Waals surface area contributed by atoms with Crippen LogP contribution in [0, 0.1) is 5.82 Å². The van der Waals surface area contributed by atoms with Gasteiger partial charge in [-0.05, 0) is 67.6 Å². The maximum atomic E-state index is 14.2. The maximum Gasteiger partial charge on any atom is 0.271 e. The molecule has 10 heteroatoms. The number of likely N-dealkylation sites (N-methyl/N-ethyl adjacent to an activating group) is 1. The number of fused-ring (bicyclic) bond motifs is 1. The van der Waals surface area contributed by atoms with Crippen molar-refractivity contribution >= 4 is 34.3 Å². The van der Waals surface area contributed by atoms with Crippen molar-refractivity contribution in [3.8, 4) is 17.2 Å². The van der Waals surface area contributed by atoms with Crippen LogP contribution >= 0.6 is 0 Å². The van der Waals surface area contributed by atoms with Crippen LogP contribution in [0.15, 0.2) is 72.8 Å². The van der Waals surface area contributed by atoms with E-state index in [1.54, 1.807) is 75.7 Å². The van der Waals surface area contributed by atoms with Gasteiger partial charge in [0.2, 0.25) is 11.8 Å². The zero-order chi connectivity index (χ0) is 27.9. The lowest BCUT2D eigenvalue weighted by Gasteiger charge is -2.24. The predicted molar refractivity (Wildman–Crippen MR) is 146 cm³/mol. The van der Waals surface area contributed by atoms with Crippen molar-refractivity contribution in [3.05, 3.63) is 84.3 Å². The second-order valence-corrected chi connectivity index (χ2v) is 8.81. The lowest BCUT2D eigenvalue weighted by atomic mass is 10.2. The van der Waals surface area contributed by atoms with Gasteiger partial charge in [-0.15, -0.1) is 0 Å². The summed E-state index contributed by atoms with van der Waals surface area (Å²) in [4.78, 5) is 44.2. The molecule has 0 fully saturated rings. The number of methoxy groups -OCH3 is 1. The van der Waals surface area contributed by atoms with Crippen LogP contribution in [0.3, 0.4) is 0 Å². The Morgan fingerprint density at radius 2 is 1.56 bits per heavy atom. The molecule has 9 nitrogen and oxygen atoms in total. The first kappa shape index (κ1) is 27.2. The molecule has 3 aromatic carbocycles. The second-order valence-electron chi connectivity index (χ2n) is 8.81. The molecule has 0 aliphatic rings. The summed E-state index contributed by atoms with van der Waals surface area (Å²) < 4.78 is 25.1. The highest BCUT2D eigenvalue weighted by atomic mass is 19.1. The van der Waals surface area contributed by atoms with E-state index in [1.807, 2.05) is 0 Å². The van der Waals surface area contributed by atoms with Crippen molar-refractivity contribution in [1.82, 2.24) is 14.8 Å². The minimum Gasteiger partial charge on any atom is -0.497 e. The molecule has 4 rings (SSSR count). The average Bonchev–Trinajstić information content (AvgIpc) is 3.39. The van der Waals surface area contributed by atoms with Crippen molar-refractivity contribution in [2.24, 2.45) is 0 Å². The number of para-hydroxylation sites is 1. The molecule has 0 aliphatic heterocycles. The molecule has 2 N–H and O–H groups in total. The van der Waals surface area contributed by atoms with Gasteiger partial charge in [-0.3, -0.25) is 14.4 Å². The molecule has 0 atom stereocenters. The lowest BCUT2D eigenvalue weighted by molar-refractivity contribution is -0.130. The van der Waals surface area contributed by atoms with Gasteiger partial charge in [-0.1, -0.05) is 12.1 Å². The van der Waals surface area contributed by atoms with Gasteiger partial charge in [-0.2, -0.15) is 0 Å². The quantitative estimate of drug-likeness (QED) is 0.309. The van der Waals surface area contributed by atoms with Crippen molar-refractivity contribution in [2.75, 3.05) is 39.1 Å². The summed E-state index contributed by atoms with van der Waals surface area (Å²) in [6.07, 6.45) is 0. The number of benzene rings is 3.